The van der Waals surface area contributed by atoms with E-state index in [-0.39, 0.29) is 18.4 Å². The van der Waals surface area contributed by atoms with E-state index < -0.39 is 0 Å². The van der Waals surface area contributed by atoms with Gasteiger partial charge in [0.15, 0.2) is 0 Å². The van der Waals surface area contributed by atoms with Crippen LogP contribution in [0.4, 0.5) is 0 Å². The number of hydrogen-bond acceptors (Lipinski definition) is 3. The highest BCUT2D eigenvalue weighted by Crippen LogP contribution is 2.35. The van der Waals surface area contributed by atoms with Crippen LogP contribution in [0.3, 0.4) is 0 Å². The summed E-state index contributed by atoms with van der Waals surface area (Å²) in [4.78, 5) is 0. The first-order valence-electron chi connectivity index (χ1n) is 6.06. The molecule has 0 unspecified atom stereocenters. The summed E-state index contributed by atoms with van der Waals surface area (Å²) in [5, 5.41) is 0. The van der Waals surface area contributed by atoms with E-state index in [1.807, 2.05) is 18.2 Å². The van der Waals surface area contributed by atoms with Crippen LogP contribution >= 0.6 is 12.4 Å². The molecule has 0 aromatic heterocycles. The predicted molar refractivity (Wildman–Crippen MR) is 77.8 cm³/mol. The van der Waals surface area contributed by atoms with Crippen molar-refractivity contribution in [3.63, 3.8) is 0 Å². The van der Waals surface area contributed by atoms with Crippen molar-refractivity contribution < 1.29 is 9.47 Å². The maximum atomic E-state index is 6.24. The molecule has 2 N–H and O–H groups in total. The minimum Gasteiger partial charge on any atom is -0.496 e. The molecule has 0 heterocycles. The topological polar surface area (TPSA) is 44.5 Å². The SMILES string of the molecule is COc1cccc(OC)c1[C@@H](N)CCC(C)C.Cl. The maximum Gasteiger partial charge on any atom is 0.127 e. The van der Waals surface area contributed by atoms with Gasteiger partial charge in [0.1, 0.15) is 11.5 Å². The van der Waals surface area contributed by atoms with E-state index in [0.29, 0.717) is 5.92 Å². The lowest BCUT2D eigenvalue weighted by Crippen LogP contribution is -2.13. The lowest BCUT2D eigenvalue weighted by molar-refractivity contribution is 0.373. The fourth-order valence-electron chi connectivity index (χ4n) is 1.90. The van der Waals surface area contributed by atoms with Gasteiger partial charge in [0.2, 0.25) is 0 Å². The Labute approximate surface area is 116 Å². The first-order chi connectivity index (χ1) is 8.10. The van der Waals surface area contributed by atoms with Gasteiger partial charge in [-0.2, -0.15) is 0 Å². The van der Waals surface area contributed by atoms with Crippen molar-refractivity contribution in [1.29, 1.82) is 0 Å². The molecule has 0 amide bonds. The van der Waals surface area contributed by atoms with Gasteiger partial charge in [-0.05, 0) is 30.9 Å². The molecule has 104 valence electrons. The predicted octanol–water partition coefficient (Wildman–Crippen LogP) is 3.56. The van der Waals surface area contributed by atoms with E-state index in [9.17, 15) is 0 Å². The van der Waals surface area contributed by atoms with Gasteiger partial charge in [0, 0.05) is 6.04 Å². The van der Waals surface area contributed by atoms with Crippen molar-refractivity contribution in [2.45, 2.75) is 32.7 Å². The Morgan fingerprint density at radius 1 is 1.06 bits per heavy atom. The molecule has 18 heavy (non-hydrogen) atoms. The van der Waals surface area contributed by atoms with Crippen LogP contribution in [0, 0.1) is 5.92 Å². The van der Waals surface area contributed by atoms with Crippen LogP contribution in [0.1, 0.15) is 38.3 Å². The molecule has 0 aliphatic heterocycles. The largest absolute Gasteiger partial charge is 0.496 e. The van der Waals surface area contributed by atoms with Crippen molar-refractivity contribution in [1.82, 2.24) is 0 Å². The summed E-state index contributed by atoms with van der Waals surface area (Å²) in [5.74, 6) is 2.27. The molecule has 0 bridgehead atoms. The van der Waals surface area contributed by atoms with Crippen molar-refractivity contribution in [3.05, 3.63) is 23.8 Å². The second-order valence-corrected chi connectivity index (χ2v) is 4.65. The highest BCUT2D eigenvalue weighted by molar-refractivity contribution is 5.85. The number of rotatable bonds is 6. The molecule has 0 radical (unpaired) electrons. The Bertz CT molecular complexity index is 333. The van der Waals surface area contributed by atoms with E-state index in [2.05, 4.69) is 13.8 Å². The van der Waals surface area contributed by atoms with Gasteiger partial charge in [-0.1, -0.05) is 19.9 Å². The first-order valence-corrected chi connectivity index (χ1v) is 6.06. The highest BCUT2D eigenvalue weighted by atomic mass is 35.5. The lowest BCUT2D eigenvalue weighted by atomic mass is 9.97. The van der Waals surface area contributed by atoms with Crippen molar-refractivity contribution in [2.24, 2.45) is 11.7 Å². The van der Waals surface area contributed by atoms with E-state index in [1.54, 1.807) is 14.2 Å². The third-order valence-electron chi connectivity index (χ3n) is 2.89. The Hall–Kier alpha value is -0.930. The normalized spacial score (nSPS) is 11.9. The molecule has 1 aromatic rings. The molecule has 0 saturated carbocycles. The van der Waals surface area contributed by atoms with Crippen molar-refractivity contribution in [3.8, 4) is 11.5 Å². The monoisotopic (exact) mass is 273 g/mol. The minimum atomic E-state index is -0.0384. The summed E-state index contributed by atoms with van der Waals surface area (Å²) in [7, 11) is 3.32. The van der Waals surface area contributed by atoms with Gasteiger partial charge < -0.3 is 15.2 Å². The summed E-state index contributed by atoms with van der Waals surface area (Å²) >= 11 is 0. The van der Waals surface area contributed by atoms with Crippen LogP contribution < -0.4 is 15.2 Å². The highest BCUT2D eigenvalue weighted by Gasteiger charge is 2.17. The molecule has 4 heteroatoms. The first kappa shape index (κ1) is 17.1. The number of ether oxygens (including phenoxy) is 2. The molecule has 1 rings (SSSR count). The molecule has 0 spiro atoms. The molecule has 0 saturated heterocycles. The quantitative estimate of drug-likeness (QED) is 0.862. The Morgan fingerprint density at radius 3 is 1.94 bits per heavy atom. The van der Waals surface area contributed by atoms with Crippen LogP contribution in [0.25, 0.3) is 0 Å². The zero-order chi connectivity index (χ0) is 12.8. The summed E-state index contributed by atoms with van der Waals surface area (Å²) in [6.45, 7) is 4.40. The molecule has 1 atom stereocenters. The van der Waals surface area contributed by atoms with Gasteiger partial charge in [-0.25, -0.2) is 0 Å². The van der Waals surface area contributed by atoms with Gasteiger partial charge >= 0.3 is 0 Å². The van der Waals surface area contributed by atoms with Gasteiger partial charge in [-0.15, -0.1) is 12.4 Å². The lowest BCUT2D eigenvalue weighted by Gasteiger charge is -2.19. The van der Waals surface area contributed by atoms with Crippen LogP contribution in [-0.4, -0.2) is 14.2 Å². The van der Waals surface area contributed by atoms with Gasteiger partial charge in [0.25, 0.3) is 0 Å². The standard InChI is InChI=1S/C14H23NO2.ClH/c1-10(2)8-9-11(15)14-12(16-3)6-5-7-13(14)17-4;/h5-7,10-11H,8-9,15H2,1-4H3;1H/t11-;/m0./s1. The van der Waals surface area contributed by atoms with Gasteiger partial charge in [-0.3, -0.25) is 0 Å². The number of halogens is 1. The van der Waals surface area contributed by atoms with Crippen LogP contribution in [-0.2, 0) is 0 Å². The average molecular weight is 274 g/mol. The third-order valence-corrected chi connectivity index (χ3v) is 2.89. The minimum absolute atomic E-state index is 0. The summed E-state index contributed by atoms with van der Waals surface area (Å²) in [6, 6.07) is 5.72. The summed E-state index contributed by atoms with van der Waals surface area (Å²) in [6.07, 6.45) is 2.04. The number of nitrogens with two attached hydrogens (primary N) is 1. The average Bonchev–Trinajstić information content (AvgIpc) is 2.34. The summed E-state index contributed by atoms with van der Waals surface area (Å²) < 4.78 is 10.7. The molecule has 0 aliphatic carbocycles. The second kappa shape index (κ2) is 8.22. The zero-order valence-electron chi connectivity index (χ0n) is 11.6. The fraction of sp³-hybridized carbons (Fsp3) is 0.571. The molecule has 0 fully saturated rings. The maximum absolute atomic E-state index is 6.24. The number of benzene rings is 1. The smallest absolute Gasteiger partial charge is 0.127 e. The van der Waals surface area contributed by atoms with Crippen LogP contribution in [0.5, 0.6) is 11.5 Å². The Kier molecular flexibility index (Phi) is 7.80. The molecular formula is C14H24ClNO2. The number of methoxy groups -OCH3 is 2. The Morgan fingerprint density at radius 2 is 1.56 bits per heavy atom. The van der Waals surface area contributed by atoms with Crippen molar-refractivity contribution in [2.75, 3.05) is 14.2 Å². The van der Waals surface area contributed by atoms with E-state index >= 15 is 0 Å². The molecule has 1 aromatic carbocycles. The molecule has 3 nitrogen and oxygen atoms in total. The molecule has 0 aliphatic rings. The molecular weight excluding hydrogens is 250 g/mol. The van der Waals surface area contributed by atoms with Crippen LogP contribution in [0.2, 0.25) is 0 Å². The zero-order valence-corrected chi connectivity index (χ0v) is 12.4. The van der Waals surface area contributed by atoms with E-state index in [0.717, 1.165) is 29.9 Å². The van der Waals surface area contributed by atoms with E-state index in [1.165, 1.54) is 0 Å². The Balaban J connectivity index is 0.00000289. The second-order valence-electron chi connectivity index (χ2n) is 4.65. The van der Waals surface area contributed by atoms with Crippen LogP contribution in [0.15, 0.2) is 18.2 Å². The fourth-order valence-corrected chi connectivity index (χ4v) is 1.90. The van der Waals surface area contributed by atoms with E-state index in [4.69, 9.17) is 15.2 Å². The summed E-state index contributed by atoms with van der Waals surface area (Å²) in [5.41, 5.74) is 7.21. The third kappa shape index (κ3) is 4.39. The van der Waals surface area contributed by atoms with Crippen molar-refractivity contribution >= 4 is 12.4 Å². The number of hydrogen-bond donors (Lipinski definition) is 1. The van der Waals surface area contributed by atoms with Gasteiger partial charge in [0.05, 0.1) is 19.8 Å².